The summed E-state index contributed by atoms with van der Waals surface area (Å²) in [6.45, 7) is 5.04. The summed E-state index contributed by atoms with van der Waals surface area (Å²) in [5, 5.41) is 5.16. The standard InChI is InChI=1S/C12H15ClN2/c1-7-8(2)15-12-10(7)4-9(6-14-3)5-11(12)13/h4-5,14-15H,6H2,1-3H3. The Hall–Kier alpha value is -0.990. The first kappa shape index (κ1) is 10.5. The van der Waals surface area contributed by atoms with Gasteiger partial charge in [0.15, 0.2) is 0 Å². The highest BCUT2D eigenvalue weighted by Crippen LogP contribution is 2.28. The van der Waals surface area contributed by atoms with Crippen molar-refractivity contribution < 1.29 is 0 Å². The van der Waals surface area contributed by atoms with Crippen molar-refractivity contribution in [1.82, 2.24) is 10.3 Å². The van der Waals surface area contributed by atoms with E-state index in [4.69, 9.17) is 11.6 Å². The molecule has 0 aliphatic carbocycles. The number of halogens is 1. The third-order valence-electron chi connectivity index (χ3n) is 2.81. The Bertz CT molecular complexity index is 500. The third-order valence-corrected chi connectivity index (χ3v) is 3.11. The molecule has 0 atom stereocenters. The molecule has 2 rings (SSSR count). The fourth-order valence-corrected chi connectivity index (χ4v) is 2.16. The van der Waals surface area contributed by atoms with Gasteiger partial charge in [0.2, 0.25) is 0 Å². The van der Waals surface area contributed by atoms with Crippen molar-refractivity contribution in [3.63, 3.8) is 0 Å². The van der Waals surface area contributed by atoms with E-state index in [2.05, 4.69) is 30.2 Å². The highest BCUT2D eigenvalue weighted by molar-refractivity contribution is 6.35. The van der Waals surface area contributed by atoms with Crippen molar-refractivity contribution in [3.8, 4) is 0 Å². The van der Waals surface area contributed by atoms with E-state index in [1.54, 1.807) is 0 Å². The van der Waals surface area contributed by atoms with Crippen molar-refractivity contribution >= 4 is 22.5 Å². The largest absolute Gasteiger partial charge is 0.357 e. The number of aromatic amines is 1. The zero-order valence-electron chi connectivity index (χ0n) is 9.24. The zero-order chi connectivity index (χ0) is 11.0. The van der Waals surface area contributed by atoms with E-state index in [0.29, 0.717) is 0 Å². The summed E-state index contributed by atoms with van der Waals surface area (Å²) in [6, 6.07) is 4.20. The molecule has 2 aromatic rings. The summed E-state index contributed by atoms with van der Waals surface area (Å²) in [7, 11) is 1.94. The van der Waals surface area contributed by atoms with Crippen LogP contribution in [-0.2, 0) is 6.54 Å². The predicted octanol–water partition coefficient (Wildman–Crippen LogP) is 3.16. The van der Waals surface area contributed by atoms with Gasteiger partial charge in [0.25, 0.3) is 0 Å². The number of benzene rings is 1. The average molecular weight is 223 g/mol. The second kappa shape index (κ2) is 3.87. The van der Waals surface area contributed by atoms with E-state index < -0.39 is 0 Å². The second-order valence-corrected chi connectivity index (χ2v) is 4.31. The number of fused-ring (bicyclic) bond motifs is 1. The summed E-state index contributed by atoms with van der Waals surface area (Å²) < 4.78 is 0. The first-order valence-corrected chi connectivity index (χ1v) is 5.43. The van der Waals surface area contributed by atoms with Gasteiger partial charge in [-0.1, -0.05) is 11.6 Å². The van der Waals surface area contributed by atoms with Crippen LogP contribution in [0.4, 0.5) is 0 Å². The average Bonchev–Trinajstić information content (AvgIpc) is 2.46. The number of hydrogen-bond donors (Lipinski definition) is 2. The lowest BCUT2D eigenvalue weighted by molar-refractivity contribution is 0.819. The Kier molecular flexibility index (Phi) is 2.72. The SMILES string of the molecule is CNCc1cc(Cl)c2[nH]c(C)c(C)c2c1. The van der Waals surface area contributed by atoms with Crippen molar-refractivity contribution in [3.05, 3.63) is 34.0 Å². The van der Waals surface area contributed by atoms with Crippen LogP contribution in [0.5, 0.6) is 0 Å². The maximum atomic E-state index is 6.22. The van der Waals surface area contributed by atoms with Crippen LogP contribution < -0.4 is 5.32 Å². The molecule has 0 aliphatic heterocycles. The number of nitrogens with one attached hydrogen (secondary N) is 2. The van der Waals surface area contributed by atoms with E-state index in [1.165, 1.54) is 22.2 Å². The molecule has 1 aromatic heterocycles. The molecule has 0 saturated heterocycles. The van der Waals surface area contributed by atoms with Crippen LogP contribution in [0.1, 0.15) is 16.8 Å². The minimum Gasteiger partial charge on any atom is -0.357 e. The van der Waals surface area contributed by atoms with E-state index in [9.17, 15) is 0 Å². The van der Waals surface area contributed by atoms with E-state index >= 15 is 0 Å². The Balaban J connectivity index is 2.68. The number of hydrogen-bond acceptors (Lipinski definition) is 1. The maximum Gasteiger partial charge on any atom is 0.0650 e. The van der Waals surface area contributed by atoms with Crippen LogP contribution >= 0.6 is 11.6 Å². The summed E-state index contributed by atoms with van der Waals surface area (Å²) in [6.07, 6.45) is 0. The lowest BCUT2D eigenvalue weighted by atomic mass is 10.1. The normalized spacial score (nSPS) is 11.2. The Morgan fingerprint density at radius 2 is 2.07 bits per heavy atom. The van der Waals surface area contributed by atoms with Crippen LogP contribution in [0.25, 0.3) is 10.9 Å². The number of aromatic nitrogens is 1. The molecule has 0 amide bonds. The van der Waals surface area contributed by atoms with Gasteiger partial charge in [0, 0.05) is 17.6 Å². The molecule has 1 heterocycles. The molecule has 3 heteroatoms. The van der Waals surface area contributed by atoms with Gasteiger partial charge in [-0.05, 0) is 44.2 Å². The Labute approximate surface area is 94.6 Å². The monoisotopic (exact) mass is 222 g/mol. The van der Waals surface area contributed by atoms with Gasteiger partial charge >= 0.3 is 0 Å². The highest BCUT2D eigenvalue weighted by atomic mass is 35.5. The zero-order valence-corrected chi connectivity index (χ0v) is 10.00. The minimum absolute atomic E-state index is 0.800. The summed E-state index contributed by atoms with van der Waals surface area (Å²) in [5.74, 6) is 0. The van der Waals surface area contributed by atoms with E-state index in [0.717, 1.165) is 17.1 Å². The van der Waals surface area contributed by atoms with E-state index in [1.807, 2.05) is 13.1 Å². The first-order chi connectivity index (χ1) is 7.13. The fraction of sp³-hybridized carbons (Fsp3) is 0.333. The van der Waals surface area contributed by atoms with Gasteiger partial charge in [0.05, 0.1) is 10.5 Å². The molecule has 0 fully saturated rings. The van der Waals surface area contributed by atoms with Crippen LogP contribution in [0.15, 0.2) is 12.1 Å². The number of H-pyrrole nitrogens is 1. The molecule has 0 unspecified atom stereocenters. The summed E-state index contributed by atoms with van der Waals surface area (Å²) in [4.78, 5) is 3.31. The van der Waals surface area contributed by atoms with Gasteiger partial charge in [-0.2, -0.15) is 0 Å². The molecule has 0 aliphatic rings. The summed E-state index contributed by atoms with van der Waals surface area (Å²) in [5.41, 5.74) is 4.74. The van der Waals surface area contributed by atoms with Gasteiger partial charge in [0.1, 0.15) is 0 Å². The number of aryl methyl sites for hydroxylation is 2. The molecule has 0 saturated carbocycles. The Morgan fingerprint density at radius 1 is 1.33 bits per heavy atom. The lowest BCUT2D eigenvalue weighted by Crippen LogP contribution is -2.04. The molecule has 2 nitrogen and oxygen atoms in total. The van der Waals surface area contributed by atoms with Gasteiger partial charge in [-0.25, -0.2) is 0 Å². The van der Waals surface area contributed by atoms with Gasteiger partial charge < -0.3 is 10.3 Å². The van der Waals surface area contributed by atoms with E-state index in [-0.39, 0.29) is 0 Å². The van der Waals surface area contributed by atoms with Crippen LogP contribution in [-0.4, -0.2) is 12.0 Å². The van der Waals surface area contributed by atoms with Crippen molar-refractivity contribution in [2.24, 2.45) is 0 Å². The third kappa shape index (κ3) is 1.75. The summed E-state index contributed by atoms with van der Waals surface area (Å²) >= 11 is 6.22. The topological polar surface area (TPSA) is 27.8 Å². The molecule has 1 aromatic carbocycles. The second-order valence-electron chi connectivity index (χ2n) is 3.91. The molecule has 2 N–H and O–H groups in total. The molecule has 80 valence electrons. The smallest absolute Gasteiger partial charge is 0.0650 e. The number of rotatable bonds is 2. The van der Waals surface area contributed by atoms with Crippen molar-refractivity contribution in [1.29, 1.82) is 0 Å². The lowest BCUT2D eigenvalue weighted by Gasteiger charge is -2.02. The van der Waals surface area contributed by atoms with Crippen molar-refractivity contribution in [2.45, 2.75) is 20.4 Å². The quantitative estimate of drug-likeness (QED) is 0.803. The molecule has 15 heavy (non-hydrogen) atoms. The molecular formula is C12H15ClN2. The van der Waals surface area contributed by atoms with Gasteiger partial charge in [-0.3, -0.25) is 0 Å². The molecule has 0 spiro atoms. The van der Waals surface area contributed by atoms with Crippen LogP contribution in [0.2, 0.25) is 5.02 Å². The molecular weight excluding hydrogens is 208 g/mol. The first-order valence-electron chi connectivity index (χ1n) is 5.05. The van der Waals surface area contributed by atoms with Crippen LogP contribution in [0, 0.1) is 13.8 Å². The predicted molar refractivity (Wildman–Crippen MR) is 65.5 cm³/mol. The minimum atomic E-state index is 0.800. The fourth-order valence-electron chi connectivity index (χ4n) is 1.88. The maximum absolute atomic E-state index is 6.22. The Morgan fingerprint density at radius 3 is 2.73 bits per heavy atom. The highest BCUT2D eigenvalue weighted by Gasteiger charge is 2.08. The molecule has 0 radical (unpaired) electrons. The van der Waals surface area contributed by atoms with Crippen LogP contribution in [0.3, 0.4) is 0 Å². The van der Waals surface area contributed by atoms with Gasteiger partial charge in [-0.15, -0.1) is 0 Å². The van der Waals surface area contributed by atoms with Crippen molar-refractivity contribution in [2.75, 3.05) is 7.05 Å². The molecule has 0 bridgehead atoms.